The van der Waals surface area contributed by atoms with Crippen LogP contribution in [0, 0.1) is 11.3 Å². The van der Waals surface area contributed by atoms with Crippen LogP contribution < -0.4 is 10.6 Å². The number of rotatable bonds is 3. The van der Waals surface area contributed by atoms with Gasteiger partial charge in [-0.1, -0.05) is 0 Å². The highest BCUT2D eigenvalue weighted by molar-refractivity contribution is 5.95. The van der Waals surface area contributed by atoms with Crippen LogP contribution in [0.2, 0.25) is 0 Å². The highest BCUT2D eigenvalue weighted by atomic mass is 16.5. The first-order valence-corrected chi connectivity index (χ1v) is 7.93. The third-order valence-corrected chi connectivity index (χ3v) is 5.37. The minimum absolute atomic E-state index is 0.0817. The molecule has 21 heavy (non-hydrogen) atoms. The predicted molar refractivity (Wildman–Crippen MR) is 78.0 cm³/mol. The fourth-order valence-electron chi connectivity index (χ4n) is 3.74. The van der Waals surface area contributed by atoms with Gasteiger partial charge in [0.05, 0.1) is 24.3 Å². The van der Waals surface area contributed by atoms with Crippen molar-refractivity contribution in [1.29, 1.82) is 0 Å². The first-order valence-electron chi connectivity index (χ1n) is 7.93. The second-order valence-corrected chi connectivity index (χ2v) is 6.53. The number of anilines is 1. The van der Waals surface area contributed by atoms with E-state index in [0.29, 0.717) is 25.1 Å². The summed E-state index contributed by atoms with van der Waals surface area (Å²) >= 11 is 0. The van der Waals surface area contributed by atoms with E-state index in [0.717, 1.165) is 38.2 Å². The Morgan fingerprint density at radius 2 is 2.38 bits per heavy atom. The van der Waals surface area contributed by atoms with Gasteiger partial charge in [-0.25, -0.2) is 4.68 Å². The molecule has 2 saturated heterocycles. The van der Waals surface area contributed by atoms with Crippen molar-refractivity contribution in [3.8, 4) is 0 Å². The van der Waals surface area contributed by atoms with Crippen molar-refractivity contribution in [3.05, 3.63) is 12.3 Å². The topological polar surface area (TPSA) is 68.2 Å². The second kappa shape index (κ2) is 5.10. The molecule has 1 amide bonds. The summed E-state index contributed by atoms with van der Waals surface area (Å²) in [6.45, 7) is 2.91. The van der Waals surface area contributed by atoms with Crippen LogP contribution in [0.15, 0.2) is 12.3 Å². The maximum absolute atomic E-state index is 12.9. The van der Waals surface area contributed by atoms with E-state index in [-0.39, 0.29) is 5.91 Å². The first kappa shape index (κ1) is 13.3. The molecule has 6 nitrogen and oxygen atoms in total. The average molecular weight is 290 g/mol. The summed E-state index contributed by atoms with van der Waals surface area (Å²) in [5.41, 5.74) is -0.410. The van der Waals surface area contributed by atoms with Gasteiger partial charge in [-0.15, -0.1) is 0 Å². The Hall–Kier alpha value is -1.40. The molecule has 3 aliphatic rings. The number of amides is 1. The van der Waals surface area contributed by atoms with Crippen molar-refractivity contribution in [2.24, 2.45) is 11.3 Å². The Balaban J connectivity index is 1.54. The fourth-order valence-corrected chi connectivity index (χ4v) is 3.74. The summed E-state index contributed by atoms with van der Waals surface area (Å²) in [6.07, 6.45) is 6.29. The van der Waals surface area contributed by atoms with Gasteiger partial charge < -0.3 is 15.4 Å². The number of hydrogen-bond donors (Lipinski definition) is 2. The van der Waals surface area contributed by atoms with Crippen molar-refractivity contribution < 1.29 is 9.53 Å². The van der Waals surface area contributed by atoms with Gasteiger partial charge in [-0.05, 0) is 38.1 Å². The number of nitrogens with zero attached hydrogens (tertiary/aromatic N) is 2. The van der Waals surface area contributed by atoms with E-state index in [1.165, 1.54) is 6.42 Å². The van der Waals surface area contributed by atoms with Crippen LogP contribution in [0.5, 0.6) is 0 Å². The third kappa shape index (κ3) is 2.08. The normalized spacial score (nSPS) is 32.5. The highest BCUT2D eigenvalue weighted by Crippen LogP contribution is 2.39. The molecule has 1 aliphatic carbocycles. The molecule has 0 radical (unpaired) electrons. The molecule has 1 saturated carbocycles. The van der Waals surface area contributed by atoms with Crippen LogP contribution in [0.3, 0.4) is 0 Å². The first-order chi connectivity index (χ1) is 10.3. The maximum atomic E-state index is 12.9. The SMILES string of the molecule is O=C(Nc1ccnn1C1CCC1)[C@]12CNC[C@H]1CCOC2. The van der Waals surface area contributed by atoms with E-state index >= 15 is 0 Å². The number of nitrogens with one attached hydrogen (secondary N) is 2. The van der Waals surface area contributed by atoms with Crippen molar-refractivity contribution in [3.63, 3.8) is 0 Å². The molecule has 3 heterocycles. The summed E-state index contributed by atoms with van der Waals surface area (Å²) in [4.78, 5) is 12.9. The largest absolute Gasteiger partial charge is 0.380 e. The average Bonchev–Trinajstić information content (AvgIpc) is 3.04. The molecule has 114 valence electrons. The molecular formula is C15H22N4O2. The lowest BCUT2D eigenvalue weighted by atomic mass is 9.75. The van der Waals surface area contributed by atoms with E-state index in [2.05, 4.69) is 15.7 Å². The van der Waals surface area contributed by atoms with Crippen LogP contribution in [0.1, 0.15) is 31.7 Å². The van der Waals surface area contributed by atoms with Crippen molar-refractivity contribution in [2.75, 3.05) is 31.6 Å². The van der Waals surface area contributed by atoms with Crippen LogP contribution in [-0.4, -0.2) is 42.0 Å². The Labute approximate surface area is 124 Å². The second-order valence-electron chi connectivity index (χ2n) is 6.53. The summed E-state index contributed by atoms with van der Waals surface area (Å²) in [5.74, 6) is 1.29. The molecule has 0 aromatic carbocycles. The van der Waals surface area contributed by atoms with Gasteiger partial charge in [-0.3, -0.25) is 4.79 Å². The summed E-state index contributed by atoms with van der Waals surface area (Å²) in [5, 5.41) is 10.8. The van der Waals surface area contributed by atoms with Crippen molar-refractivity contribution in [1.82, 2.24) is 15.1 Å². The number of hydrogen-bond acceptors (Lipinski definition) is 4. The van der Waals surface area contributed by atoms with Crippen LogP contribution >= 0.6 is 0 Å². The minimum Gasteiger partial charge on any atom is -0.380 e. The van der Waals surface area contributed by atoms with E-state index in [1.807, 2.05) is 10.7 Å². The molecule has 1 aromatic heterocycles. The molecule has 2 aliphatic heterocycles. The molecule has 0 unspecified atom stereocenters. The quantitative estimate of drug-likeness (QED) is 0.877. The summed E-state index contributed by atoms with van der Waals surface area (Å²) in [6, 6.07) is 2.35. The van der Waals surface area contributed by atoms with Crippen LogP contribution in [0.25, 0.3) is 0 Å². The lowest BCUT2D eigenvalue weighted by Gasteiger charge is -2.37. The maximum Gasteiger partial charge on any atom is 0.235 e. The molecular weight excluding hydrogens is 268 g/mol. The summed E-state index contributed by atoms with van der Waals surface area (Å²) < 4.78 is 7.59. The van der Waals surface area contributed by atoms with E-state index < -0.39 is 5.41 Å². The summed E-state index contributed by atoms with van der Waals surface area (Å²) in [7, 11) is 0. The van der Waals surface area contributed by atoms with Gasteiger partial charge in [0.25, 0.3) is 0 Å². The molecule has 0 bridgehead atoms. The van der Waals surface area contributed by atoms with E-state index in [4.69, 9.17) is 4.74 Å². The van der Waals surface area contributed by atoms with Gasteiger partial charge in [0, 0.05) is 19.2 Å². The molecule has 0 spiro atoms. The fraction of sp³-hybridized carbons (Fsp3) is 0.733. The van der Waals surface area contributed by atoms with Gasteiger partial charge in [0.2, 0.25) is 5.91 Å². The van der Waals surface area contributed by atoms with Crippen molar-refractivity contribution >= 4 is 11.7 Å². The molecule has 2 atom stereocenters. The van der Waals surface area contributed by atoms with Crippen molar-refractivity contribution in [2.45, 2.75) is 31.7 Å². The zero-order valence-electron chi connectivity index (χ0n) is 12.2. The molecule has 1 aromatic rings. The smallest absolute Gasteiger partial charge is 0.235 e. The number of aromatic nitrogens is 2. The Bertz CT molecular complexity index is 540. The zero-order chi connectivity index (χ0) is 14.3. The predicted octanol–water partition coefficient (Wildman–Crippen LogP) is 1.17. The Morgan fingerprint density at radius 1 is 1.48 bits per heavy atom. The number of carbonyl (C=O) groups excluding carboxylic acids is 1. The Kier molecular flexibility index (Phi) is 3.23. The third-order valence-electron chi connectivity index (χ3n) is 5.37. The van der Waals surface area contributed by atoms with Crippen LogP contribution in [0.4, 0.5) is 5.82 Å². The van der Waals surface area contributed by atoms with E-state index in [9.17, 15) is 4.79 Å². The van der Waals surface area contributed by atoms with Gasteiger partial charge in [0.1, 0.15) is 5.82 Å². The lowest BCUT2D eigenvalue weighted by molar-refractivity contribution is -0.135. The van der Waals surface area contributed by atoms with E-state index in [1.54, 1.807) is 6.20 Å². The van der Waals surface area contributed by atoms with Gasteiger partial charge in [-0.2, -0.15) is 5.10 Å². The van der Waals surface area contributed by atoms with Gasteiger partial charge in [0.15, 0.2) is 0 Å². The Morgan fingerprint density at radius 3 is 3.19 bits per heavy atom. The van der Waals surface area contributed by atoms with Crippen LogP contribution in [-0.2, 0) is 9.53 Å². The highest BCUT2D eigenvalue weighted by Gasteiger charge is 2.51. The lowest BCUT2D eigenvalue weighted by Crippen LogP contribution is -2.49. The number of fused-ring (bicyclic) bond motifs is 1. The molecule has 4 rings (SSSR count). The minimum atomic E-state index is -0.410. The zero-order valence-corrected chi connectivity index (χ0v) is 12.2. The standard InChI is InChI=1S/C15H22N4O2/c20-14(15-9-16-8-11(15)5-7-21-10-15)18-13-4-6-17-19(13)12-2-1-3-12/h4,6,11-12,16H,1-3,5,7-10H2,(H,18,20)/t11-,15+/m1/s1. The number of ether oxygens (including phenoxy) is 1. The monoisotopic (exact) mass is 290 g/mol. The molecule has 3 fully saturated rings. The number of carbonyl (C=O) groups is 1. The molecule has 6 heteroatoms. The van der Waals surface area contributed by atoms with Gasteiger partial charge >= 0.3 is 0 Å². The molecule has 2 N–H and O–H groups in total.